The average Bonchev–Trinajstić information content (AvgIpc) is 3.02. The van der Waals surface area contributed by atoms with Crippen LogP contribution in [0.3, 0.4) is 0 Å². The molecule has 5 rings (SSSR count). The van der Waals surface area contributed by atoms with Crippen LogP contribution < -0.4 is 10.3 Å². The summed E-state index contributed by atoms with van der Waals surface area (Å²) in [4.78, 5) is 28.5. The normalized spacial score (nSPS) is 15.7. The fourth-order valence-corrected chi connectivity index (χ4v) is 4.12. The van der Waals surface area contributed by atoms with Crippen molar-refractivity contribution in [3.8, 4) is 0 Å². The first kappa shape index (κ1) is 17.9. The third-order valence-corrected chi connectivity index (χ3v) is 5.80. The van der Waals surface area contributed by atoms with Crippen molar-refractivity contribution in [3.05, 3.63) is 110 Å². The summed E-state index contributed by atoms with van der Waals surface area (Å²) >= 11 is 3.45. The molecule has 0 fully saturated rings. The van der Waals surface area contributed by atoms with E-state index in [-0.39, 0.29) is 17.1 Å². The van der Waals surface area contributed by atoms with E-state index in [1.54, 1.807) is 29.2 Å². The first-order chi connectivity index (χ1) is 14.0. The zero-order valence-corrected chi connectivity index (χ0v) is 17.1. The molecule has 1 aliphatic rings. The number of hydrogen-bond donors (Lipinski definition) is 0. The quantitative estimate of drug-likeness (QED) is 0.402. The average molecular weight is 446 g/mol. The van der Waals surface area contributed by atoms with Gasteiger partial charge in [-0.05, 0) is 48.9 Å². The standard InChI is InChI=1S/C24H16BrNO3/c1-14-6-12-17(13-7-14)26-21(15-8-10-16(25)11-9-15)20-22(27)18-4-2-3-5-19(18)29-23(20)24(26)28/h2-13,21H,1H3. The number of carbonyl (C=O) groups excluding carboxylic acids is 1. The van der Waals surface area contributed by atoms with Gasteiger partial charge in [-0.1, -0.05) is 57.9 Å². The Labute approximate surface area is 175 Å². The fourth-order valence-electron chi connectivity index (χ4n) is 3.85. The molecule has 1 amide bonds. The van der Waals surface area contributed by atoms with Crippen LogP contribution in [0.2, 0.25) is 0 Å². The van der Waals surface area contributed by atoms with Crippen molar-refractivity contribution in [3.63, 3.8) is 0 Å². The molecule has 0 saturated heterocycles. The summed E-state index contributed by atoms with van der Waals surface area (Å²) in [5, 5.41) is 0.479. The van der Waals surface area contributed by atoms with Crippen LogP contribution >= 0.6 is 15.9 Å². The number of fused-ring (bicyclic) bond motifs is 2. The lowest BCUT2D eigenvalue weighted by Gasteiger charge is -2.25. The molecule has 4 aromatic rings. The number of nitrogens with zero attached hydrogens (tertiary/aromatic N) is 1. The third kappa shape index (κ3) is 2.81. The minimum absolute atomic E-state index is 0.113. The minimum Gasteiger partial charge on any atom is -0.450 e. The molecular weight excluding hydrogens is 430 g/mol. The Kier molecular flexibility index (Phi) is 4.14. The molecule has 0 saturated carbocycles. The second-order valence-corrected chi connectivity index (χ2v) is 8.05. The molecular formula is C24H16BrNO3. The predicted octanol–water partition coefficient (Wildman–Crippen LogP) is 5.61. The Hall–Kier alpha value is -3.18. The SMILES string of the molecule is Cc1ccc(N2C(=O)c3oc4ccccc4c(=O)c3C2c2ccc(Br)cc2)cc1. The Balaban J connectivity index is 1.81. The van der Waals surface area contributed by atoms with Crippen molar-refractivity contribution in [2.75, 3.05) is 4.90 Å². The molecule has 1 aliphatic heterocycles. The number of anilines is 1. The van der Waals surface area contributed by atoms with Crippen LogP contribution in [0.5, 0.6) is 0 Å². The fraction of sp³-hybridized carbons (Fsp3) is 0.0833. The van der Waals surface area contributed by atoms with Crippen molar-refractivity contribution >= 4 is 38.5 Å². The van der Waals surface area contributed by atoms with Crippen LogP contribution in [-0.2, 0) is 0 Å². The van der Waals surface area contributed by atoms with E-state index in [1.165, 1.54) is 0 Å². The van der Waals surface area contributed by atoms with Crippen LogP contribution in [0.4, 0.5) is 5.69 Å². The number of carbonyl (C=O) groups is 1. The van der Waals surface area contributed by atoms with Gasteiger partial charge in [-0.25, -0.2) is 0 Å². The van der Waals surface area contributed by atoms with E-state index in [2.05, 4.69) is 15.9 Å². The topological polar surface area (TPSA) is 50.5 Å². The molecule has 29 heavy (non-hydrogen) atoms. The highest BCUT2D eigenvalue weighted by Crippen LogP contribution is 2.41. The monoisotopic (exact) mass is 445 g/mol. The molecule has 142 valence electrons. The minimum atomic E-state index is -0.547. The summed E-state index contributed by atoms with van der Waals surface area (Å²) in [6.07, 6.45) is 0. The number of hydrogen-bond acceptors (Lipinski definition) is 3. The summed E-state index contributed by atoms with van der Waals surface area (Å²) in [7, 11) is 0. The molecule has 4 nitrogen and oxygen atoms in total. The molecule has 1 atom stereocenters. The maximum Gasteiger partial charge on any atom is 0.295 e. The van der Waals surface area contributed by atoms with E-state index < -0.39 is 6.04 Å². The number of halogens is 1. The van der Waals surface area contributed by atoms with Crippen LogP contribution in [0.15, 0.2) is 86.5 Å². The first-order valence-electron chi connectivity index (χ1n) is 9.26. The van der Waals surface area contributed by atoms with Crippen molar-refractivity contribution in [1.82, 2.24) is 0 Å². The van der Waals surface area contributed by atoms with Gasteiger partial charge >= 0.3 is 0 Å². The Morgan fingerprint density at radius 2 is 1.59 bits per heavy atom. The molecule has 0 aliphatic carbocycles. The lowest BCUT2D eigenvalue weighted by atomic mass is 9.98. The molecule has 0 bridgehead atoms. The van der Waals surface area contributed by atoms with E-state index in [1.807, 2.05) is 55.5 Å². The number of aryl methyl sites for hydroxylation is 1. The van der Waals surface area contributed by atoms with Gasteiger partial charge in [0.15, 0.2) is 5.43 Å². The number of amides is 1. The summed E-state index contributed by atoms with van der Waals surface area (Å²) in [6.45, 7) is 1.99. The van der Waals surface area contributed by atoms with Crippen molar-refractivity contribution in [2.24, 2.45) is 0 Å². The van der Waals surface area contributed by atoms with Crippen molar-refractivity contribution in [2.45, 2.75) is 13.0 Å². The van der Waals surface area contributed by atoms with Gasteiger partial charge in [0.25, 0.3) is 5.91 Å². The van der Waals surface area contributed by atoms with Gasteiger partial charge in [0.2, 0.25) is 5.76 Å². The lowest BCUT2D eigenvalue weighted by Crippen LogP contribution is -2.29. The molecule has 0 spiro atoms. The van der Waals surface area contributed by atoms with Gasteiger partial charge < -0.3 is 4.42 Å². The zero-order valence-electron chi connectivity index (χ0n) is 15.6. The smallest absolute Gasteiger partial charge is 0.295 e. The van der Waals surface area contributed by atoms with E-state index in [0.717, 1.165) is 21.3 Å². The van der Waals surface area contributed by atoms with Gasteiger partial charge in [0.05, 0.1) is 17.0 Å². The second kappa shape index (κ2) is 6.71. The zero-order chi connectivity index (χ0) is 20.1. The molecule has 1 unspecified atom stereocenters. The van der Waals surface area contributed by atoms with E-state index in [4.69, 9.17) is 4.42 Å². The Bertz CT molecular complexity index is 1310. The van der Waals surface area contributed by atoms with Crippen LogP contribution in [0.1, 0.15) is 33.3 Å². The first-order valence-corrected chi connectivity index (χ1v) is 10.1. The molecule has 5 heteroatoms. The summed E-state index contributed by atoms with van der Waals surface area (Å²) in [6, 6.07) is 21.9. The molecule has 3 aromatic carbocycles. The van der Waals surface area contributed by atoms with Gasteiger partial charge in [0, 0.05) is 10.2 Å². The number of benzene rings is 3. The van der Waals surface area contributed by atoms with E-state index >= 15 is 0 Å². The predicted molar refractivity (Wildman–Crippen MR) is 116 cm³/mol. The summed E-state index contributed by atoms with van der Waals surface area (Å²) in [5.74, 6) is -0.193. The van der Waals surface area contributed by atoms with Gasteiger partial charge in [-0.3, -0.25) is 14.5 Å². The van der Waals surface area contributed by atoms with Crippen LogP contribution in [-0.4, -0.2) is 5.91 Å². The Morgan fingerprint density at radius 3 is 2.31 bits per heavy atom. The van der Waals surface area contributed by atoms with Gasteiger partial charge in [0.1, 0.15) is 5.58 Å². The number of para-hydroxylation sites is 1. The highest BCUT2D eigenvalue weighted by Gasteiger charge is 2.43. The maximum absolute atomic E-state index is 13.4. The highest BCUT2D eigenvalue weighted by molar-refractivity contribution is 9.10. The Morgan fingerprint density at radius 1 is 0.897 bits per heavy atom. The van der Waals surface area contributed by atoms with Crippen LogP contribution in [0.25, 0.3) is 11.0 Å². The van der Waals surface area contributed by atoms with E-state index in [0.29, 0.717) is 16.5 Å². The molecule has 1 aromatic heterocycles. The summed E-state index contributed by atoms with van der Waals surface area (Å²) < 4.78 is 6.88. The highest BCUT2D eigenvalue weighted by atomic mass is 79.9. The largest absolute Gasteiger partial charge is 0.450 e. The van der Waals surface area contributed by atoms with Crippen molar-refractivity contribution in [1.29, 1.82) is 0 Å². The second-order valence-electron chi connectivity index (χ2n) is 7.13. The van der Waals surface area contributed by atoms with Gasteiger partial charge in [-0.15, -0.1) is 0 Å². The van der Waals surface area contributed by atoms with Crippen LogP contribution in [0, 0.1) is 6.92 Å². The molecule has 0 radical (unpaired) electrons. The van der Waals surface area contributed by atoms with E-state index in [9.17, 15) is 9.59 Å². The molecule has 0 N–H and O–H groups in total. The number of rotatable bonds is 2. The molecule has 2 heterocycles. The van der Waals surface area contributed by atoms with Crippen molar-refractivity contribution < 1.29 is 9.21 Å². The third-order valence-electron chi connectivity index (χ3n) is 5.28. The van der Waals surface area contributed by atoms with Gasteiger partial charge in [-0.2, -0.15) is 0 Å². The summed E-state index contributed by atoms with van der Waals surface area (Å²) in [5.41, 5.74) is 3.31. The maximum atomic E-state index is 13.4. The lowest BCUT2D eigenvalue weighted by molar-refractivity contribution is 0.0971.